The lowest BCUT2D eigenvalue weighted by atomic mass is 9.98. The zero-order valence-electron chi connectivity index (χ0n) is 59.4. The van der Waals surface area contributed by atoms with E-state index in [1.807, 2.05) is 0 Å². The summed E-state index contributed by atoms with van der Waals surface area (Å²) in [4.78, 5) is 144. The predicted molar refractivity (Wildman–Crippen MR) is 356 cm³/mol. The summed E-state index contributed by atoms with van der Waals surface area (Å²) in [6.07, 6.45) is -24.1. The molecule has 7 rings (SSSR count). The van der Waals surface area contributed by atoms with Crippen LogP contribution in [-0.4, -0.2) is 209 Å². The second kappa shape index (κ2) is 36.6. The molecule has 3 N–H and O–H groups in total. The van der Waals surface area contributed by atoms with Gasteiger partial charge in [-0.1, -0.05) is 0 Å². The van der Waals surface area contributed by atoms with E-state index >= 15 is 0 Å². The van der Waals surface area contributed by atoms with Crippen LogP contribution in [0.3, 0.4) is 0 Å². The molecule has 15 atom stereocenters. The molecular weight excluding hydrogens is 1510 g/mol. The highest BCUT2D eigenvalue weighted by Gasteiger charge is 2.56. The Balaban J connectivity index is 1.23. The Morgan fingerprint density at radius 1 is 0.278 bits per heavy atom. The van der Waals surface area contributed by atoms with Gasteiger partial charge in [0, 0.05) is 100 Å². The minimum atomic E-state index is -5.13. The number of hydrogen-bond acceptors (Lipinski definition) is 36. The summed E-state index contributed by atoms with van der Waals surface area (Å²) in [6.45, 7) is 10.4. The van der Waals surface area contributed by atoms with Gasteiger partial charge in [-0.25, -0.2) is 25.3 Å². The zero-order valence-corrected chi connectivity index (χ0v) is 61.8. The van der Waals surface area contributed by atoms with Crippen molar-refractivity contribution >= 4 is 119 Å². The van der Waals surface area contributed by atoms with E-state index in [0.717, 1.165) is 156 Å². The topological polar surface area (TPSA) is 509 Å². The molecule has 0 spiro atoms. The number of benzene rings is 4. The van der Waals surface area contributed by atoms with Crippen LogP contribution in [0.2, 0.25) is 0 Å². The van der Waals surface area contributed by atoms with Crippen molar-refractivity contribution in [3.05, 3.63) is 91.0 Å². The molecule has 42 heteroatoms. The normalized spacial score (nSPS) is 23.9. The Bertz CT molecular complexity index is 3920. The van der Waals surface area contributed by atoms with Crippen LogP contribution in [-0.2, 0) is 159 Å². The number of hydrogen-bond donors (Lipinski definition) is 3. The van der Waals surface area contributed by atoms with E-state index in [0.29, 0.717) is 18.2 Å². The fourth-order valence-corrected chi connectivity index (χ4v) is 14.3. The highest BCUT2D eigenvalue weighted by Crippen LogP contribution is 2.37. The molecule has 0 radical (unpaired) electrons. The van der Waals surface area contributed by atoms with Gasteiger partial charge in [0.25, 0.3) is 30.1 Å². The molecule has 39 nitrogen and oxygen atoms in total. The second-order valence-electron chi connectivity index (χ2n) is 23.6. The number of ether oxygens (including phenoxy) is 18. The first-order valence-electron chi connectivity index (χ1n) is 32.0. The first kappa shape index (κ1) is 84.3. The summed E-state index contributed by atoms with van der Waals surface area (Å²) < 4.78 is 195. The summed E-state index contributed by atoms with van der Waals surface area (Å²) in [5.74, 6) is -11.3. The summed E-state index contributed by atoms with van der Waals surface area (Å²) >= 11 is 0. The average molecular weight is 1580 g/mol. The van der Waals surface area contributed by atoms with E-state index in [4.69, 9.17) is 85.3 Å². The number of esters is 12. The molecule has 108 heavy (non-hydrogen) atoms. The van der Waals surface area contributed by atoms with Gasteiger partial charge in [0.15, 0.2) is 36.6 Å². The van der Waals surface area contributed by atoms with Crippen molar-refractivity contribution in [3.63, 3.8) is 0 Å². The zero-order chi connectivity index (χ0) is 79.9. The van der Waals surface area contributed by atoms with Crippen molar-refractivity contribution in [1.82, 2.24) is 0 Å². The van der Waals surface area contributed by atoms with Crippen molar-refractivity contribution in [2.45, 2.75) is 190 Å². The molecule has 0 amide bonds. The van der Waals surface area contributed by atoms with Gasteiger partial charge in [0.2, 0.25) is 37.2 Å². The smallest absolute Gasteiger partial charge is 0.303 e. The maximum atomic E-state index is 14.6. The van der Waals surface area contributed by atoms with Gasteiger partial charge in [0.05, 0.1) is 14.7 Å². The molecule has 588 valence electrons. The van der Waals surface area contributed by atoms with Crippen molar-refractivity contribution in [2.24, 2.45) is 0 Å². The molecule has 0 aliphatic carbocycles. The van der Waals surface area contributed by atoms with E-state index in [2.05, 4.69) is 14.2 Å². The van der Waals surface area contributed by atoms with Crippen molar-refractivity contribution in [2.75, 3.05) is 34.0 Å². The van der Waals surface area contributed by atoms with Gasteiger partial charge in [0.1, 0.15) is 55.4 Å². The lowest BCUT2D eigenvalue weighted by molar-refractivity contribution is -0.288. The standard InChI is InChI=1S/C66H75N3O36S3/c1-31(70)88-28-52-55(91-34(4)73)58(94-37(7)76)61(97-40(10)79)64(103-52)100-46-19-13-43(14-20-46)67-106(82,83)49-25-50(107(84,85)68-44-15-21-47(22-16-44)101-65-62(98-41(11)80)59(95-38(8)77)56(92-35(5)74)53(104-65)29-89-32(2)71)27-51(26-49)108(86,87)69-45-17-23-48(24-18-45)102-66-63(99-42(12)81)60(96-39(9)78)57(93-36(6)75)54(105-66)30-90-33(3)72/h13-27,52-69H,28-30H2,1-12H3/t52-,53-,54-,55-,56-,57-,58+,59+,60+,61-,62-,63-,64-,65-,66-/m1/s1. The average Bonchev–Trinajstić information content (AvgIpc) is 0.792. The fourth-order valence-electron chi connectivity index (χ4n) is 10.7. The number of sulfonamides is 3. The van der Waals surface area contributed by atoms with E-state index in [1.54, 1.807) is 0 Å². The molecule has 0 bridgehead atoms. The maximum absolute atomic E-state index is 14.6. The Hall–Kier alpha value is -11.0. The summed E-state index contributed by atoms with van der Waals surface area (Å²) in [5.41, 5.74) is -0.889. The van der Waals surface area contributed by atoms with Gasteiger partial charge >= 0.3 is 71.6 Å². The first-order chi connectivity index (χ1) is 50.6. The molecule has 0 saturated carbocycles. The number of nitrogens with one attached hydrogen (secondary N) is 3. The number of anilines is 3. The van der Waals surface area contributed by atoms with Crippen molar-refractivity contribution in [1.29, 1.82) is 0 Å². The first-order valence-corrected chi connectivity index (χ1v) is 36.5. The number of rotatable bonds is 30. The molecule has 3 fully saturated rings. The van der Waals surface area contributed by atoms with Crippen LogP contribution >= 0.6 is 0 Å². The van der Waals surface area contributed by atoms with E-state index in [1.165, 1.54) is 0 Å². The lowest BCUT2D eigenvalue weighted by Gasteiger charge is -2.43. The van der Waals surface area contributed by atoms with E-state index in [-0.39, 0.29) is 34.3 Å². The molecule has 0 aromatic heterocycles. The largest absolute Gasteiger partial charge is 0.463 e. The van der Waals surface area contributed by atoms with Gasteiger partial charge in [-0.05, 0) is 91.0 Å². The SMILES string of the molecule is CC(=O)OC[C@H]1O[C@@H](Oc2ccc(NS(=O)(=O)c3cc(S(=O)(=O)Nc4ccc(O[C@@H]5O[C@H](COC(C)=O)[C@@H](OC(C)=O)[C@H](OC(C)=O)[C@H]5OC(C)=O)cc4)cc(S(=O)(=O)Nc4ccc(O[C@@H]5O[C@H](COC(C)=O)[C@@H](OC(C)=O)[C@H](OC(C)=O)[C@H]5OC(C)=O)cc4)c3)cc2)[C@H](OC(C)=O)[C@@H](OC(C)=O)[C@@H]1OC(C)=O. The minimum absolute atomic E-state index is 0.168. The predicted octanol–water partition coefficient (Wildman–Crippen LogP) is 2.47. The monoisotopic (exact) mass is 1580 g/mol. The van der Waals surface area contributed by atoms with Crippen LogP contribution in [0.15, 0.2) is 106 Å². The Kier molecular flexibility index (Phi) is 28.5. The van der Waals surface area contributed by atoms with Gasteiger partial charge < -0.3 is 85.3 Å². The fraction of sp³-hybridized carbons (Fsp3) is 0.455. The van der Waals surface area contributed by atoms with Crippen LogP contribution in [0.1, 0.15) is 83.1 Å². The van der Waals surface area contributed by atoms with Crippen LogP contribution in [0.25, 0.3) is 0 Å². The highest BCUT2D eigenvalue weighted by molar-refractivity contribution is 7.94. The molecule has 3 aliphatic rings. The number of carbonyl (C=O) groups excluding carboxylic acids is 12. The van der Waals surface area contributed by atoms with Crippen LogP contribution in [0, 0.1) is 0 Å². The molecule has 3 saturated heterocycles. The van der Waals surface area contributed by atoms with Crippen LogP contribution in [0.4, 0.5) is 17.1 Å². The lowest BCUT2D eigenvalue weighted by Crippen LogP contribution is -2.63. The molecule has 3 aliphatic heterocycles. The van der Waals surface area contributed by atoms with Gasteiger partial charge in [-0.2, -0.15) is 0 Å². The number of carbonyl (C=O) groups is 12. The Labute approximate surface area is 616 Å². The van der Waals surface area contributed by atoms with Crippen LogP contribution in [0.5, 0.6) is 17.2 Å². The minimum Gasteiger partial charge on any atom is -0.463 e. The summed E-state index contributed by atoms with van der Waals surface area (Å²) in [5, 5.41) is 0. The highest BCUT2D eigenvalue weighted by atomic mass is 32.2. The maximum Gasteiger partial charge on any atom is 0.303 e. The summed E-state index contributed by atoms with van der Waals surface area (Å²) in [7, 11) is -15.4. The third-order valence-corrected chi connectivity index (χ3v) is 18.8. The third-order valence-electron chi connectivity index (χ3n) is 14.7. The Morgan fingerprint density at radius 3 is 0.648 bits per heavy atom. The molecule has 3 heterocycles. The van der Waals surface area contributed by atoms with E-state index < -0.39 is 228 Å². The summed E-state index contributed by atoms with van der Waals surface area (Å²) in [6, 6.07) is 15.3. The Morgan fingerprint density at radius 2 is 0.463 bits per heavy atom. The molecule has 4 aromatic carbocycles. The molecule has 0 unspecified atom stereocenters. The van der Waals surface area contributed by atoms with Crippen molar-refractivity contribution in [3.8, 4) is 17.2 Å². The van der Waals surface area contributed by atoms with Gasteiger partial charge in [-0.3, -0.25) is 71.7 Å². The quantitative estimate of drug-likeness (QED) is 0.0498. The van der Waals surface area contributed by atoms with Crippen molar-refractivity contribution < 1.29 is 168 Å². The molecular formula is C66H75N3O36S3. The molecule has 4 aromatic rings. The third kappa shape index (κ3) is 24.0. The van der Waals surface area contributed by atoms with Gasteiger partial charge in [-0.15, -0.1) is 0 Å². The second-order valence-corrected chi connectivity index (χ2v) is 28.6. The van der Waals surface area contributed by atoms with E-state index in [9.17, 15) is 82.8 Å². The van der Waals surface area contributed by atoms with Crippen LogP contribution < -0.4 is 28.4 Å².